The maximum atomic E-state index is 9.60. The molecule has 1 aromatic carbocycles. The molecule has 3 N–H and O–H groups in total. The van der Waals surface area contributed by atoms with Gasteiger partial charge in [-0.1, -0.05) is 12.1 Å². The van der Waals surface area contributed by atoms with Crippen LogP contribution in [0.1, 0.15) is 37.1 Å². The van der Waals surface area contributed by atoms with E-state index >= 15 is 0 Å². The van der Waals surface area contributed by atoms with Gasteiger partial charge >= 0.3 is 0 Å². The van der Waals surface area contributed by atoms with Crippen LogP contribution in [0.4, 0.5) is 0 Å². The number of aliphatic hydroxyl groups is 1. The SMILES string of the molecule is CN=C(/C=C\c1ncc(-c2cccc(C#N)c2)[nH]1)NC1CCC(O)CC1. The number of nitrogens with zero attached hydrogens (tertiary/aromatic N) is 3. The Bertz CT molecular complexity index is 838. The third-order valence-corrected chi connectivity index (χ3v) is 4.59. The lowest BCUT2D eigenvalue weighted by molar-refractivity contribution is 0.120. The molecular weight excluding hydrogens is 326 g/mol. The quantitative estimate of drug-likeness (QED) is 0.584. The van der Waals surface area contributed by atoms with Crippen molar-refractivity contribution in [3.63, 3.8) is 0 Å². The van der Waals surface area contributed by atoms with E-state index in [2.05, 4.69) is 26.3 Å². The van der Waals surface area contributed by atoms with Crippen LogP contribution in [0.15, 0.2) is 41.5 Å². The Hall–Kier alpha value is -2.91. The zero-order valence-corrected chi connectivity index (χ0v) is 14.8. The summed E-state index contributed by atoms with van der Waals surface area (Å²) in [6.07, 6.45) is 8.96. The van der Waals surface area contributed by atoms with E-state index in [1.165, 1.54) is 0 Å². The number of rotatable bonds is 4. The summed E-state index contributed by atoms with van der Waals surface area (Å²) in [6, 6.07) is 9.91. The first kappa shape index (κ1) is 17.9. The fourth-order valence-electron chi connectivity index (χ4n) is 3.10. The molecular formula is C20H23N5O. The van der Waals surface area contributed by atoms with Gasteiger partial charge in [0.2, 0.25) is 0 Å². The number of imidazole rings is 1. The fraction of sp³-hybridized carbons (Fsp3) is 0.350. The zero-order valence-electron chi connectivity index (χ0n) is 14.8. The van der Waals surface area contributed by atoms with E-state index in [9.17, 15) is 5.11 Å². The summed E-state index contributed by atoms with van der Waals surface area (Å²) in [6.45, 7) is 0. The molecule has 1 aliphatic rings. The number of nitrogens with one attached hydrogen (secondary N) is 2. The smallest absolute Gasteiger partial charge is 0.130 e. The number of hydrogen-bond acceptors (Lipinski definition) is 4. The van der Waals surface area contributed by atoms with E-state index < -0.39 is 0 Å². The van der Waals surface area contributed by atoms with Crippen molar-refractivity contribution in [3.8, 4) is 17.3 Å². The molecule has 6 heteroatoms. The summed E-state index contributed by atoms with van der Waals surface area (Å²) in [5.41, 5.74) is 2.42. The van der Waals surface area contributed by atoms with Crippen molar-refractivity contribution in [2.24, 2.45) is 4.99 Å². The van der Waals surface area contributed by atoms with Crippen molar-refractivity contribution in [3.05, 3.63) is 47.9 Å². The highest BCUT2D eigenvalue weighted by Gasteiger charge is 2.19. The summed E-state index contributed by atoms with van der Waals surface area (Å²) in [5.74, 6) is 1.53. The number of aliphatic hydroxyl groups excluding tert-OH is 1. The Morgan fingerprint density at radius 1 is 1.38 bits per heavy atom. The zero-order chi connectivity index (χ0) is 18.4. The number of aromatic nitrogens is 2. The molecule has 2 aromatic rings. The van der Waals surface area contributed by atoms with E-state index in [0.717, 1.165) is 48.6 Å². The third kappa shape index (κ3) is 4.58. The Balaban J connectivity index is 1.64. The number of benzene rings is 1. The molecule has 0 spiro atoms. The molecule has 1 aliphatic carbocycles. The van der Waals surface area contributed by atoms with E-state index in [1.807, 2.05) is 30.4 Å². The molecule has 134 valence electrons. The van der Waals surface area contributed by atoms with Crippen LogP contribution in [0.5, 0.6) is 0 Å². The first-order valence-corrected chi connectivity index (χ1v) is 8.83. The van der Waals surface area contributed by atoms with Crippen molar-refractivity contribution in [1.82, 2.24) is 15.3 Å². The van der Waals surface area contributed by atoms with Gasteiger partial charge in [-0.2, -0.15) is 5.26 Å². The largest absolute Gasteiger partial charge is 0.393 e. The molecule has 1 heterocycles. The van der Waals surface area contributed by atoms with Gasteiger partial charge < -0.3 is 15.4 Å². The highest BCUT2D eigenvalue weighted by molar-refractivity contribution is 5.96. The van der Waals surface area contributed by atoms with Crippen LogP contribution < -0.4 is 5.32 Å². The lowest BCUT2D eigenvalue weighted by Crippen LogP contribution is -2.37. The van der Waals surface area contributed by atoms with Crippen LogP contribution in [-0.4, -0.2) is 40.1 Å². The molecule has 0 aliphatic heterocycles. The molecule has 1 saturated carbocycles. The summed E-state index contributed by atoms with van der Waals surface area (Å²) in [7, 11) is 1.76. The van der Waals surface area contributed by atoms with Gasteiger partial charge in [0.05, 0.1) is 29.6 Å². The fourth-order valence-corrected chi connectivity index (χ4v) is 3.10. The molecule has 26 heavy (non-hydrogen) atoms. The monoisotopic (exact) mass is 349 g/mol. The molecule has 0 radical (unpaired) electrons. The Kier molecular flexibility index (Phi) is 5.82. The van der Waals surface area contributed by atoms with E-state index in [1.54, 1.807) is 19.3 Å². The summed E-state index contributed by atoms with van der Waals surface area (Å²) in [5, 5.41) is 22.0. The number of H-pyrrole nitrogens is 1. The summed E-state index contributed by atoms with van der Waals surface area (Å²) in [4.78, 5) is 11.9. The van der Waals surface area contributed by atoms with Gasteiger partial charge in [0.1, 0.15) is 11.7 Å². The van der Waals surface area contributed by atoms with Gasteiger partial charge in [0, 0.05) is 18.7 Å². The molecule has 0 unspecified atom stereocenters. The normalized spacial score (nSPS) is 20.9. The first-order valence-electron chi connectivity index (χ1n) is 8.83. The highest BCUT2D eigenvalue weighted by atomic mass is 16.3. The van der Waals surface area contributed by atoms with E-state index in [0.29, 0.717) is 11.6 Å². The van der Waals surface area contributed by atoms with Gasteiger partial charge in [-0.3, -0.25) is 4.99 Å². The van der Waals surface area contributed by atoms with E-state index in [-0.39, 0.29) is 6.10 Å². The number of hydrogen-bond donors (Lipinski definition) is 3. The minimum Gasteiger partial charge on any atom is -0.393 e. The number of nitriles is 1. The Morgan fingerprint density at radius 2 is 2.19 bits per heavy atom. The van der Waals surface area contributed by atoms with Crippen molar-refractivity contribution in [2.45, 2.75) is 37.8 Å². The minimum absolute atomic E-state index is 0.160. The predicted molar refractivity (Wildman–Crippen MR) is 103 cm³/mol. The maximum Gasteiger partial charge on any atom is 0.130 e. The summed E-state index contributed by atoms with van der Waals surface area (Å²) >= 11 is 0. The minimum atomic E-state index is -0.160. The van der Waals surface area contributed by atoms with Gasteiger partial charge in [-0.25, -0.2) is 4.98 Å². The summed E-state index contributed by atoms with van der Waals surface area (Å²) < 4.78 is 0. The molecule has 3 rings (SSSR count). The van der Waals surface area contributed by atoms with Crippen LogP contribution in [0.3, 0.4) is 0 Å². The second-order valence-corrected chi connectivity index (χ2v) is 6.47. The topological polar surface area (TPSA) is 97.1 Å². The third-order valence-electron chi connectivity index (χ3n) is 4.59. The number of aromatic amines is 1. The van der Waals surface area contributed by atoms with Crippen molar-refractivity contribution < 1.29 is 5.11 Å². The average molecular weight is 349 g/mol. The van der Waals surface area contributed by atoms with Crippen LogP contribution >= 0.6 is 0 Å². The standard InChI is InChI=1S/C20H23N5O/c1-22-19(24-16-5-7-17(26)8-6-16)9-10-20-23-13-18(25-20)15-4-2-3-14(11-15)12-21/h2-4,9-11,13,16-17,26H,5-8H2,1H3,(H,22,24)(H,23,25)/b10-9-. The molecule has 0 saturated heterocycles. The molecule has 0 bridgehead atoms. The van der Waals surface area contributed by atoms with Crippen molar-refractivity contribution >= 4 is 11.9 Å². The van der Waals surface area contributed by atoms with Crippen molar-refractivity contribution in [1.29, 1.82) is 5.26 Å². The van der Waals surface area contributed by atoms with E-state index in [4.69, 9.17) is 5.26 Å². The van der Waals surface area contributed by atoms with Crippen LogP contribution in [0.25, 0.3) is 17.3 Å². The Morgan fingerprint density at radius 3 is 2.92 bits per heavy atom. The maximum absolute atomic E-state index is 9.60. The van der Waals surface area contributed by atoms with Crippen LogP contribution in [-0.2, 0) is 0 Å². The van der Waals surface area contributed by atoms with Gasteiger partial charge in [0.15, 0.2) is 0 Å². The van der Waals surface area contributed by atoms with Gasteiger partial charge in [-0.15, -0.1) is 0 Å². The lowest BCUT2D eigenvalue weighted by Gasteiger charge is -2.26. The van der Waals surface area contributed by atoms with Crippen LogP contribution in [0.2, 0.25) is 0 Å². The molecule has 1 fully saturated rings. The number of aliphatic imine (C=N–C) groups is 1. The molecule has 1 aromatic heterocycles. The predicted octanol–water partition coefficient (Wildman–Crippen LogP) is 2.88. The van der Waals surface area contributed by atoms with Gasteiger partial charge in [0.25, 0.3) is 0 Å². The molecule has 0 amide bonds. The first-order chi connectivity index (χ1) is 12.7. The van der Waals surface area contributed by atoms with Gasteiger partial charge in [-0.05, 0) is 50.0 Å². The highest BCUT2D eigenvalue weighted by Crippen LogP contribution is 2.19. The lowest BCUT2D eigenvalue weighted by atomic mass is 9.93. The van der Waals surface area contributed by atoms with Crippen LogP contribution in [0, 0.1) is 11.3 Å². The average Bonchev–Trinajstić information content (AvgIpc) is 3.16. The second-order valence-electron chi connectivity index (χ2n) is 6.47. The second kappa shape index (κ2) is 8.45. The number of amidine groups is 1. The Labute approximate surface area is 153 Å². The molecule has 0 atom stereocenters. The van der Waals surface area contributed by atoms with Crippen molar-refractivity contribution in [2.75, 3.05) is 7.05 Å². The molecule has 6 nitrogen and oxygen atoms in total.